The predicted octanol–water partition coefficient (Wildman–Crippen LogP) is 0.462. The van der Waals surface area contributed by atoms with E-state index < -0.39 is 6.04 Å². The highest BCUT2D eigenvalue weighted by Crippen LogP contribution is 2.18. The summed E-state index contributed by atoms with van der Waals surface area (Å²) in [5.74, 6) is 1.18. The Bertz CT molecular complexity index is 1060. The lowest BCUT2D eigenvalue weighted by Crippen LogP contribution is -2.34. The summed E-state index contributed by atoms with van der Waals surface area (Å²) in [5, 5.41) is 21.2. The van der Waals surface area contributed by atoms with Gasteiger partial charge in [0.15, 0.2) is 6.04 Å². The maximum absolute atomic E-state index is 12.9. The molecule has 0 unspecified atom stereocenters. The van der Waals surface area contributed by atoms with E-state index in [0.717, 1.165) is 5.56 Å². The normalized spacial score (nSPS) is 11.9. The Balaban J connectivity index is 1.51. The highest BCUT2D eigenvalue weighted by molar-refractivity contribution is 5.83. The van der Waals surface area contributed by atoms with Gasteiger partial charge < -0.3 is 5.32 Å². The Morgan fingerprint density at radius 3 is 2.82 bits per heavy atom. The lowest BCUT2D eigenvalue weighted by Gasteiger charge is -2.17. The Labute approximate surface area is 159 Å². The molecule has 11 nitrogen and oxygen atoms in total. The molecule has 0 aliphatic rings. The molecular formula is C17H16N10O. The Morgan fingerprint density at radius 1 is 1.25 bits per heavy atom. The molecule has 3 aromatic heterocycles. The van der Waals surface area contributed by atoms with Crippen LogP contribution < -0.4 is 5.32 Å². The van der Waals surface area contributed by atoms with Gasteiger partial charge in [-0.05, 0) is 22.9 Å². The van der Waals surface area contributed by atoms with Crippen molar-refractivity contribution >= 4 is 5.91 Å². The van der Waals surface area contributed by atoms with Crippen molar-refractivity contribution in [3.63, 3.8) is 0 Å². The summed E-state index contributed by atoms with van der Waals surface area (Å²) in [6.07, 6.45) is 4.70. The van der Waals surface area contributed by atoms with Gasteiger partial charge in [-0.3, -0.25) is 14.9 Å². The second-order valence-electron chi connectivity index (χ2n) is 5.90. The van der Waals surface area contributed by atoms with Crippen molar-refractivity contribution in [3.05, 3.63) is 66.1 Å². The number of tetrazole rings is 1. The number of aromatic amines is 1. The molecule has 0 fully saturated rings. The topological polar surface area (TPSA) is 140 Å². The Kier molecular flexibility index (Phi) is 4.78. The maximum atomic E-state index is 12.9. The second kappa shape index (κ2) is 7.70. The first kappa shape index (κ1) is 17.4. The van der Waals surface area contributed by atoms with Gasteiger partial charge >= 0.3 is 0 Å². The third kappa shape index (κ3) is 3.58. The first-order valence-electron chi connectivity index (χ1n) is 8.47. The molecule has 1 aromatic carbocycles. The van der Waals surface area contributed by atoms with E-state index >= 15 is 0 Å². The number of nitrogens with zero attached hydrogens (tertiary/aromatic N) is 8. The Hall–Kier alpha value is -4.02. The molecule has 0 bridgehead atoms. The number of aryl methyl sites for hydroxylation is 1. The number of hydrogen-bond donors (Lipinski definition) is 2. The number of hydrogen-bond acceptors (Lipinski definition) is 8. The van der Waals surface area contributed by atoms with Crippen molar-refractivity contribution in [2.75, 3.05) is 0 Å². The van der Waals surface area contributed by atoms with Crippen molar-refractivity contribution in [1.82, 2.24) is 50.7 Å². The van der Waals surface area contributed by atoms with Crippen molar-refractivity contribution in [1.29, 1.82) is 0 Å². The molecular weight excluding hydrogens is 360 g/mol. The third-order valence-corrected chi connectivity index (χ3v) is 4.02. The van der Waals surface area contributed by atoms with Crippen LogP contribution in [0.4, 0.5) is 0 Å². The van der Waals surface area contributed by atoms with Crippen LogP contribution in [-0.2, 0) is 11.3 Å². The molecule has 0 aliphatic carbocycles. The number of amides is 1. The summed E-state index contributed by atoms with van der Waals surface area (Å²) in [6, 6.07) is 8.61. The number of carbonyl (C=O) groups is 1. The number of aromatic nitrogens is 9. The van der Waals surface area contributed by atoms with Crippen molar-refractivity contribution < 1.29 is 4.79 Å². The van der Waals surface area contributed by atoms with Gasteiger partial charge in [-0.2, -0.15) is 5.10 Å². The summed E-state index contributed by atoms with van der Waals surface area (Å²) in [5.41, 5.74) is 1.32. The first-order chi connectivity index (χ1) is 13.7. The summed E-state index contributed by atoms with van der Waals surface area (Å²) in [4.78, 5) is 25.4. The van der Waals surface area contributed by atoms with Gasteiger partial charge in [-0.15, -0.1) is 5.10 Å². The van der Waals surface area contributed by atoms with E-state index in [1.54, 1.807) is 25.5 Å². The molecule has 3 heterocycles. The number of carbonyl (C=O) groups excluding carboxylic acids is 1. The van der Waals surface area contributed by atoms with Gasteiger partial charge in [0.05, 0.1) is 12.7 Å². The van der Waals surface area contributed by atoms with Gasteiger partial charge in [0, 0.05) is 12.4 Å². The Morgan fingerprint density at radius 2 is 2.11 bits per heavy atom. The SMILES string of the molecule is Cc1nnnn1[C@H](C(=O)NCc1nc(-c2cnccn2)n[nH]1)c1ccccc1. The molecule has 0 spiro atoms. The van der Waals surface area contributed by atoms with Gasteiger partial charge in [-0.25, -0.2) is 14.6 Å². The van der Waals surface area contributed by atoms with Crippen molar-refractivity contribution in [2.24, 2.45) is 0 Å². The van der Waals surface area contributed by atoms with E-state index in [-0.39, 0.29) is 12.5 Å². The van der Waals surface area contributed by atoms with Gasteiger partial charge in [-0.1, -0.05) is 30.3 Å². The predicted molar refractivity (Wildman–Crippen MR) is 96.4 cm³/mol. The average molecular weight is 376 g/mol. The molecule has 140 valence electrons. The fourth-order valence-corrected chi connectivity index (χ4v) is 2.69. The van der Waals surface area contributed by atoms with E-state index in [9.17, 15) is 4.79 Å². The lowest BCUT2D eigenvalue weighted by atomic mass is 10.1. The van der Waals surface area contributed by atoms with Gasteiger partial charge in [0.2, 0.25) is 11.7 Å². The van der Waals surface area contributed by atoms with Crippen LogP contribution in [0.25, 0.3) is 11.5 Å². The van der Waals surface area contributed by atoms with Gasteiger partial charge in [0.1, 0.15) is 17.3 Å². The molecule has 11 heteroatoms. The molecule has 28 heavy (non-hydrogen) atoms. The number of benzene rings is 1. The lowest BCUT2D eigenvalue weighted by molar-refractivity contribution is -0.123. The monoisotopic (exact) mass is 376 g/mol. The minimum Gasteiger partial charge on any atom is -0.347 e. The van der Waals surface area contributed by atoms with Crippen LogP contribution in [0.15, 0.2) is 48.9 Å². The summed E-state index contributed by atoms with van der Waals surface area (Å²) in [6.45, 7) is 1.91. The van der Waals surface area contributed by atoms with Crippen molar-refractivity contribution in [2.45, 2.75) is 19.5 Å². The minimum atomic E-state index is -0.696. The van der Waals surface area contributed by atoms with E-state index in [1.807, 2.05) is 30.3 Å². The van der Waals surface area contributed by atoms with Crippen LogP contribution in [0.5, 0.6) is 0 Å². The van der Waals surface area contributed by atoms with Crippen LogP contribution in [0, 0.1) is 6.92 Å². The molecule has 0 saturated carbocycles. The van der Waals surface area contributed by atoms with Gasteiger partial charge in [0.25, 0.3) is 0 Å². The fraction of sp³-hybridized carbons (Fsp3) is 0.176. The number of rotatable bonds is 6. The highest BCUT2D eigenvalue weighted by atomic mass is 16.2. The molecule has 0 aliphatic heterocycles. The number of H-pyrrole nitrogens is 1. The quantitative estimate of drug-likeness (QED) is 0.495. The highest BCUT2D eigenvalue weighted by Gasteiger charge is 2.25. The van der Waals surface area contributed by atoms with Crippen molar-refractivity contribution in [3.8, 4) is 11.5 Å². The second-order valence-corrected chi connectivity index (χ2v) is 5.90. The van der Waals surface area contributed by atoms with Crippen LogP contribution >= 0.6 is 0 Å². The molecule has 1 amide bonds. The van der Waals surface area contributed by atoms with E-state index in [2.05, 4.69) is 46.0 Å². The standard InChI is InChI=1S/C17H16N10O/c1-11-22-25-26-27(11)15(12-5-3-2-4-6-12)17(28)20-10-14-21-16(24-23-14)13-9-18-7-8-19-13/h2-9,15H,10H2,1H3,(H,20,28)(H,21,23,24)/t15-/m0/s1. The van der Waals surface area contributed by atoms with Crippen LogP contribution in [0.2, 0.25) is 0 Å². The summed E-state index contributed by atoms with van der Waals surface area (Å²) in [7, 11) is 0. The molecule has 1 atom stereocenters. The number of nitrogens with one attached hydrogen (secondary N) is 2. The first-order valence-corrected chi connectivity index (χ1v) is 8.47. The zero-order chi connectivity index (χ0) is 19.3. The minimum absolute atomic E-state index is 0.163. The van der Waals surface area contributed by atoms with Crippen LogP contribution in [-0.4, -0.2) is 51.3 Å². The molecule has 4 aromatic rings. The summed E-state index contributed by atoms with van der Waals surface area (Å²) >= 11 is 0. The smallest absolute Gasteiger partial charge is 0.249 e. The van der Waals surface area contributed by atoms with Crippen LogP contribution in [0.3, 0.4) is 0 Å². The zero-order valence-corrected chi connectivity index (χ0v) is 14.9. The summed E-state index contributed by atoms with van der Waals surface area (Å²) < 4.78 is 1.48. The maximum Gasteiger partial charge on any atom is 0.249 e. The van der Waals surface area contributed by atoms with E-state index in [1.165, 1.54) is 4.68 Å². The average Bonchev–Trinajstić information content (AvgIpc) is 3.38. The largest absolute Gasteiger partial charge is 0.347 e. The van der Waals surface area contributed by atoms with E-state index in [0.29, 0.717) is 23.2 Å². The van der Waals surface area contributed by atoms with E-state index in [4.69, 9.17) is 0 Å². The molecule has 0 radical (unpaired) electrons. The van der Waals surface area contributed by atoms with Crippen LogP contribution in [0.1, 0.15) is 23.3 Å². The molecule has 0 saturated heterocycles. The zero-order valence-electron chi connectivity index (χ0n) is 14.9. The fourth-order valence-electron chi connectivity index (χ4n) is 2.69. The molecule has 4 rings (SSSR count). The third-order valence-electron chi connectivity index (χ3n) is 4.02. The molecule has 2 N–H and O–H groups in total.